The number of anilines is 1. The first-order valence-electron chi connectivity index (χ1n) is 12.1. The Morgan fingerprint density at radius 3 is 2.61 bits per heavy atom. The molecule has 3 aromatic rings. The standard InChI is InChI=1S/C27H28N4O3S2/c1-19-9-11-21(12-10-19)36(33,34)31-14-5-8-24(31)26(32)29-27-23(16-28)22-13-15-30(18-25(22)35-27)17-20-6-3-2-4-7-20/h2-4,6-7,9-12,24H,5,8,13-15,17-18H2,1H3,(H,29,32). The smallest absolute Gasteiger partial charge is 0.243 e. The quantitative estimate of drug-likeness (QED) is 0.524. The second-order valence-corrected chi connectivity index (χ2v) is 12.3. The van der Waals surface area contributed by atoms with E-state index in [1.165, 1.54) is 21.2 Å². The highest BCUT2D eigenvalue weighted by atomic mass is 32.2. The Balaban J connectivity index is 1.33. The lowest BCUT2D eigenvalue weighted by atomic mass is 10.0. The molecule has 3 heterocycles. The number of thiophene rings is 1. The van der Waals surface area contributed by atoms with Crippen LogP contribution >= 0.6 is 11.3 Å². The van der Waals surface area contributed by atoms with Crippen molar-refractivity contribution in [3.05, 3.63) is 81.7 Å². The van der Waals surface area contributed by atoms with Gasteiger partial charge in [-0.15, -0.1) is 11.3 Å². The van der Waals surface area contributed by atoms with Crippen molar-refractivity contribution in [1.29, 1.82) is 5.26 Å². The molecular formula is C27H28N4O3S2. The van der Waals surface area contributed by atoms with Crippen molar-refractivity contribution in [2.24, 2.45) is 0 Å². The van der Waals surface area contributed by atoms with Gasteiger partial charge in [0.25, 0.3) is 0 Å². The SMILES string of the molecule is Cc1ccc(S(=O)(=O)N2CCCC2C(=O)Nc2sc3c(c2C#N)CCN(Cc2ccccc2)C3)cc1. The molecule has 1 aromatic heterocycles. The molecule has 0 spiro atoms. The van der Waals surface area contributed by atoms with Gasteiger partial charge in [-0.3, -0.25) is 9.69 Å². The van der Waals surface area contributed by atoms with E-state index in [0.29, 0.717) is 30.0 Å². The van der Waals surface area contributed by atoms with E-state index in [1.54, 1.807) is 24.3 Å². The van der Waals surface area contributed by atoms with Crippen molar-refractivity contribution in [3.63, 3.8) is 0 Å². The van der Waals surface area contributed by atoms with Gasteiger partial charge in [-0.25, -0.2) is 8.42 Å². The molecule has 2 aromatic carbocycles. The minimum atomic E-state index is -3.79. The summed E-state index contributed by atoms with van der Waals surface area (Å²) in [6, 6.07) is 18.4. The van der Waals surface area contributed by atoms with Crippen LogP contribution in [0.3, 0.4) is 0 Å². The van der Waals surface area contributed by atoms with E-state index in [2.05, 4.69) is 28.4 Å². The van der Waals surface area contributed by atoms with Crippen LogP contribution in [0.25, 0.3) is 0 Å². The third-order valence-electron chi connectivity index (χ3n) is 6.87. The van der Waals surface area contributed by atoms with Crippen molar-refractivity contribution < 1.29 is 13.2 Å². The number of sulfonamides is 1. The van der Waals surface area contributed by atoms with Gasteiger partial charge >= 0.3 is 0 Å². The topological polar surface area (TPSA) is 93.5 Å². The summed E-state index contributed by atoms with van der Waals surface area (Å²) in [6.45, 7) is 4.59. The molecule has 1 unspecified atom stereocenters. The summed E-state index contributed by atoms with van der Waals surface area (Å²) >= 11 is 1.43. The summed E-state index contributed by atoms with van der Waals surface area (Å²) in [5.74, 6) is -0.376. The van der Waals surface area contributed by atoms with Gasteiger partial charge in [0.15, 0.2) is 0 Å². The van der Waals surface area contributed by atoms with Gasteiger partial charge in [-0.05, 0) is 49.4 Å². The number of carbonyl (C=O) groups excluding carboxylic acids is 1. The second kappa shape index (κ2) is 10.1. The predicted molar refractivity (Wildman–Crippen MR) is 140 cm³/mol. The zero-order valence-electron chi connectivity index (χ0n) is 20.1. The Hall–Kier alpha value is -3.03. The molecule has 0 radical (unpaired) electrons. The molecule has 0 bridgehead atoms. The van der Waals surface area contributed by atoms with Crippen LogP contribution < -0.4 is 5.32 Å². The first kappa shape index (κ1) is 24.7. The highest BCUT2D eigenvalue weighted by Gasteiger charge is 2.40. The number of nitrogens with one attached hydrogen (secondary N) is 1. The van der Waals surface area contributed by atoms with E-state index < -0.39 is 16.1 Å². The van der Waals surface area contributed by atoms with E-state index in [-0.39, 0.29) is 10.8 Å². The second-order valence-electron chi connectivity index (χ2n) is 9.34. The number of benzene rings is 2. The largest absolute Gasteiger partial charge is 0.315 e. The van der Waals surface area contributed by atoms with Gasteiger partial charge in [0, 0.05) is 31.1 Å². The normalized spacial score (nSPS) is 18.5. The molecule has 0 aliphatic carbocycles. The molecule has 0 saturated carbocycles. The molecule has 7 nitrogen and oxygen atoms in total. The van der Waals surface area contributed by atoms with Crippen LogP contribution in [0.15, 0.2) is 59.5 Å². The highest BCUT2D eigenvalue weighted by molar-refractivity contribution is 7.89. The van der Waals surface area contributed by atoms with Crippen molar-refractivity contribution in [3.8, 4) is 6.07 Å². The van der Waals surface area contributed by atoms with E-state index in [0.717, 1.165) is 42.1 Å². The van der Waals surface area contributed by atoms with Crippen LogP contribution in [0.2, 0.25) is 0 Å². The molecule has 1 atom stereocenters. The number of hydrogen-bond acceptors (Lipinski definition) is 6. The maximum Gasteiger partial charge on any atom is 0.243 e. The number of nitriles is 1. The summed E-state index contributed by atoms with van der Waals surface area (Å²) in [5, 5.41) is 13.3. The molecule has 1 saturated heterocycles. The van der Waals surface area contributed by atoms with Gasteiger partial charge < -0.3 is 5.32 Å². The Morgan fingerprint density at radius 2 is 1.89 bits per heavy atom. The van der Waals surface area contributed by atoms with Crippen LogP contribution in [0.5, 0.6) is 0 Å². The molecule has 1 amide bonds. The molecule has 1 N–H and O–H groups in total. The summed E-state index contributed by atoms with van der Waals surface area (Å²) in [4.78, 5) is 16.9. The summed E-state index contributed by atoms with van der Waals surface area (Å²) < 4.78 is 27.8. The first-order valence-corrected chi connectivity index (χ1v) is 14.3. The van der Waals surface area contributed by atoms with Gasteiger partial charge in [-0.1, -0.05) is 48.0 Å². The van der Waals surface area contributed by atoms with E-state index in [1.807, 2.05) is 25.1 Å². The number of carbonyl (C=O) groups is 1. The molecule has 186 valence electrons. The predicted octanol–water partition coefficient (Wildman–Crippen LogP) is 4.28. The number of aryl methyl sites for hydroxylation is 1. The Bertz CT molecular complexity index is 1410. The fourth-order valence-corrected chi connectivity index (χ4v) is 7.87. The first-order chi connectivity index (χ1) is 17.4. The van der Waals surface area contributed by atoms with E-state index in [4.69, 9.17) is 0 Å². The maximum absolute atomic E-state index is 13.3. The van der Waals surface area contributed by atoms with Crippen molar-refractivity contribution >= 4 is 32.3 Å². The number of amides is 1. The molecule has 2 aliphatic rings. The Morgan fingerprint density at radius 1 is 1.14 bits per heavy atom. The zero-order chi connectivity index (χ0) is 25.3. The monoisotopic (exact) mass is 520 g/mol. The minimum absolute atomic E-state index is 0.190. The Kier molecular flexibility index (Phi) is 6.95. The van der Waals surface area contributed by atoms with Crippen LogP contribution in [0.1, 0.15) is 40.0 Å². The number of fused-ring (bicyclic) bond motifs is 1. The number of nitrogens with zero attached hydrogens (tertiary/aromatic N) is 3. The highest BCUT2D eigenvalue weighted by Crippen LogP contribution is 2.38. The average Bonchev–Trinajstić information content (AvgIpc) is 3.50. The average molecular weight is 521 g/mol. The van der Waals surface area contributed by atoms with Crippen molar-refractivity contribution in [2.45, 2.75) is 50.2 Å². The van der Waals surface area contributed by atoms with Crippen LogP contribution in [0.4, 0.5) is 5.00 Å². The fraction of sp³-hybridized carbons (Fsp3) is 0.333. The lowest BCUT2D eigenvalue weighted by molar-refractivity contribution is -0.119. The lowest BCUT2D eigenvalue weighted by Gasteiger charge is -2.26. The molecule has 9 heteroatoms. The van der Waals surface area contributed by atoms with Gasteiger partial charge in [0.1, 0.15) is 17.1 Å². The van der Waals surface area contributed by atoms with Crippen LogP contribution in [0, 0.1) is 18.3 Å². The fourth-order valence-electron chi connectivity index (χ4n) is 4.97. The summed E-state index contributed by atoms with van der Waals surface area (Å²) in [6.07, 6.45) is 1.81. The molecule has 2 aliphatic heterocycles. The molecule has 5 rings (SSSR count). The lowest BCUT2D eigenvalue weighted by Crippen LogP contribution is -2.43. The Labute approximate surface area is 216 Å². The molecule has 36 heavy (non-hydrogen) atoms. The third-order valence-corrected chi connectivity index (χ3v) is 9.92. The summed E-state index contributed by atoms with van der Waals surface area (Å²) in [5.41, 5.74) is 3.71. The van der Waals surface area contributed by atoms with Crippen LogP contribution in [-0.4, -0.2) is 42.7 Å². The zero-order valence-corrected chi connectivity index (χ0v) is 21.7. The van der Waals surface area contributed by atoms with Crippen molar-refractivity contribution in [2.75, 3.05) is 18.4 Å². The van der Waals surface area contributed by atoms with Crippen LogP contribution in [-0.2, 0) is 34.3 Å². The van der Waals surface area contributed by atoms with Gasteiger partial charge in [-0.2, -0.15) is 9.57 Å². The van der Waals surface area contributed by atoms with Gasteiger partial charge in [0.2, 0.25) is 15.9 Å². The molecule has 1 fully saturated rings. The van der Waals surface area contributed by atoms with Crippen molar-refractivity contribution in [1.82, 2.24) is 9.21 Å². The van der Waals surface area contributed by atoms with E-state index in [9.17, 15) is 18.5 Å². The third kappa shape index (κ3) is 4.82. The molecular weight excluding hydrogens is 492 g/mol. The maximum atomic E-state index is 13.3. The van der Waals surface area contributed by atoms with Gasteiger partial charge in [0.05, 0.1) is 10.5 Å². The number of rotatable bonds is 6. The minimum Gasteiger partial charge on any atom is -0.315 e. The summed E-state index contributed by atoms with van der Waals surface area (Å²) in [7, 11) is -3.79. The number of hydrogen-bond donors (Lipinski definition) is 1. The van der Waals surface area contributed by atoms with E-state index >= 15 is 0 Å².